The molecule has 1 N–H and O–H groups in total. The van der Waals surface area contributed by atoms with Crippen molar-refractivity contribution in [3.63, 3.8) is 0 Å². The molecule has 1 aliphatic rings. The third kappa shape index (κ3) is 3.72. The van der Waals surface area contributed by atoms with Crippen molar-refractivity contribution >= 4 is 0 Å². The number of rotatable bonds is 5. The fourth-order valence-corrected chi connectivity index (χ4v) is 3.30. The highest BCUT2D eigenvalue weighted by atomic mass is 19.1. The molecule has 112 valence electrons. The Bertz CT molecular complexity index is 413. The van der Waals surface area contributed by atoms with Crippen LogP contribution >= 0.6 is 0 Å². The normalized spacial score (nSPS) is 18.6. The predicted molar refractivity (Wildman–Crippen MR) is 80.6 cm³/mol. The number of nitrogens with one attached hydrogen (secondary N) is 1. The summed E-state index contributed by atoms with van der Waals surface area (Å²) in [5.74, 6) is 0.677. The SMILES string of the molecule is CCNC(c1ccc(OC)c(F)c1)C1CCCCCC1. The molecule has 1 unspecified atom stereocenters. The van der Waals surface area contributed by atoms with Gasteiger partial charge in [0.25, 0.3) is 0 Å². The van der Waals surface area contributed by atoms with E-state index >= 15 is 0 Å². The standard InChI is InChI=1S/C17H26FNO/c1-3-19-17(13-8-6-4-5-7-9-13)14-10-11-16(20-2)15(18)12-14/h10-13,17,19H,3-9H2,1-2H3. The summed E-state index contributed by atoms with van der Waals surface area (Å²) in [5.41, 5.74) is 1.05. The summed E-state index contributed by atoms with van der Waals surface area (Å²) < 4.78 is 19.0. The lowest BCUT2D eigenvalue weighted by Gasteiger charge is -2.27. The Morgan fingerprint density at radius 1 is 1.25 bits per heavy atom. The van der Waals surface area contributed by atoms with Crippen LogP contribution in [-0.2, 0) is 0 Å². The van der Waals surface area contributed by atoms with Crippen LogP contribution in [0.4, 0.5) is 4.39 Å². The van der Waals surface area contributed by atoms with Gasteiger partial charge in [0.2, 0.25) is 0 Å². The first-order chi connectivity index (χ1) is 9.76. The van der Waals surface area contributed by atoms with Crippen molar-refractivity contribution in [2.24, 2.45) is 5.92 Å². The maximum atomic E-state index is 13.9. The van der Waals surface area contributed by atoms with E-state index in [1.165, 1.54) is 45.6 Å². The third-order valence-corrected chi connectivity index (χ3v) is 4.33. The van der Waals surface area contributed by atoms with Gasteiger partial charge in [0.15, 0.2) is 11.6 Å². The minimum Gasteiger partial charge on any atom is -0.494 e. The fraction of sp³-hybridized carbons (Fsp3) is 0.647. The van der Waals surface area contributed by atoms with Gasteiger partial charge in [0.05, 0.1) is 7.11 Å². The monoisotopic (exact) mass is 279 g/mol. The molecule has 2 rings (SSSR count). The number of hydrogen-bond donors (Lipinski definition) is 1. The fourth-order valence-electron chi connectivity index (χ4n) is 3.30. The molecule has 0 radical (unpaired) electrons. The van der Waals surface area contributed by atoms with Gasteiger partial charge < -0.3 is 10.1 Å². The smallest absolute Gasteiger partial charge is 0.165 e. The highest BCUT2D eigenvalue weighted by Gasteiger charge is 2.24. The number of halogens is 1. The third-order valence-electron chi connectivity index (χ3n) is 4.33. The predicted octanol–water partition coefficient (Wildman–Crippen LogP) is 4.46. The molecule has 1 atom stereocenters. The molecule has 0 spiro atoms. The molecule has 0 aromatic heterocycles. The van der Waals surface area contributed by atoms with Gasteiger partial charge in [-0.05, 0) is 43.0 Å². The first-order valence-electron chi connectivity index (χ1n) is 7.83. The van der Waals surface area contributed by atoms with Gasteiger partial charge in [-0.1, -0.05) is 38.7 Å². The Balaban J connectivity index is 2.20. The number of benzene rings is 1. The molecular formula is C17H26FNO. The summed E-state index contributed by atoms with van der Waals surface area (Å²) in [6.07, 6.45) is 7.76. The number of methoxy groups -OCH3 is 1. The lowest BCUT2D eigenvalue weighted by Crippen LogP contribution is -2.28. The van der Waals surface area contributed by atoms with Crippen LogP contribution in [0, 0.1) is 11.7 Å². The minimum absolute atomic E-state index is 0.262. The summed E-state index contributed by atoms with van der Waals surface area (Å²) in [6, 6.07) is 5.64. The highest BCUT2D eigenvalue weighted by molar-refractivity contribution is 5.31. The van der Waals surface area contributed by atoms with E-state index in [9.17, 15) is 4.39 Å². The first-order valence-corrected chi connectivity index (χ1v) is 7.83. The average Bonchev–Trinajstić information content (AvgIpc) is 2.73. The molecule has 0 amide bonds. The summed E-state index contributed by atoms with van der Waals surface area (Å²) in [5, 5.41) is 3.55. The summed E-state index contributed by atoms with van der Waals surface area (Å²) in [4.78, 5) is 0. The molecule has 1 aromatic rings. The molecule has 1 fully saturated rings. The Kier molecular flexibility index (Phi) is 5.84. The van der Waals surface area contributed by atoms with Gasteiger partial charge in [0, 0.05) is 6.04 Å². The van der Waals surface area contributed by atoms with E-state index in [0.29, 0.717) is 11.7 Å². The van der Waals surface area contributed by atoms with Crippen LogP contribution in [0.1, 0.15) is 57.1 Å². The van der Waals surface area contributed by atoms with Crippen LogP contribution in [0.25, 0.3) is 0 Å². The van der Waals surface area contributed by atoms with E-state index in [0.717, 1.165) is 12.1 Å². The molecule has 2 nitrogen and oxygen atoms in total. The van der Waals surface area contributed by atoms with Crippen LogP contribution in [-0.4, -0.2) is 13.7 Å². The van der Waals surface area contributed by atoms with Crippen LogP contribution in [0.3, 0.4) is 0 Å². The molecule has 1 aromatic carbocycles. The van der Waals surface area contributed by atoms with E-state index in [2.05, 4.69) is 12.2 Å². The van der Waals surface area contributed by atoms with Crippen molar-refractivity contribution in [3.05, 3.63) is 29.6 Å². The maximum absolute atomic E-state index is 13.9. The van der Waals surface area contributed by atoms with Crippen molar-refractivity contribution < 1.29 is 9.13 Å². The molecule has 1 saturated carbocycles. The molecule has 20 heavy (non-hydrogen) atoms. The van der Waals surface area contributed by atoms with Gasteiger partial charge in [0.1, 0.15) is 0 Å². The maximum Gasteiger partial charge on any atom is 0.165 e. The van der Waals surface area contributed by atoms with Gasteiger partial charge in [-0.2, -0.15) is 0 Å². The van der Waals surface area contributed by atoms with Crippen molar-refractivity contribution in [2.45, 2.75) is 51.5 Å². The second-order valence-corrected chi connectivity index (χ2v) is 5.68. The zero-order valence-corrected chi connectivity index (χ0v) is 12.6. The van der Waals surface area contributed by atoms with E-state index in [4.69, 9.17) is 4.74 Å². The van der Waals surface area contributed by atoms with E-state index in [1.54, 1.807) is 12.1 Å². The molecule has 3 heteroatoms. The topological polar surface area (TPSA) is 21.3 Å². The lowest BCUT2D eigenvalue weighted by atomic mass is 9.87. The Labute approximate surface area is 121 Å². The largest absolute Gasteiger partial charge is 0.494 e. The van der Waals surface area contributed by atoms with E-state index < -0.39 is 0 Å². The second kappa shape index (κ2) is 7.63. The van der Waals surface area contributed by atoms with Crippen molar-refractivity contribution in [1.82, 2.24) is 5.32 Å². The Hall–Kier alpha value is -1.09. The van der Waals surface area contributed by atoms with Crippen LogP contribution < -0.4 is 10.1 Å². The zero-order chi connectivity index (χ0) is 14.4. The minimum atomic E-state index is -0.262. The van der Waals surface area contributed by atoms with Crippen LogP contribution in [0.2, 0.25) is 0 Å². The zero-order valence-electron chi connectivity index (χ0n) is 12.6. The van der Waals surface area contributed by atoms with Gasteiger partial charge in [-0.25, -0.2) is 4.39 Å². The molecular weight excluding hydrogens is 253 g/mol. The van der Waals surface area contributed by atoms with Crippen LogP contribution in [0.5, 0.6) is 5.75 Å². The van der Waals surface area contributed by atoms with Crippen molar-refractivity contribution in [1.29, 1.82) is 0 Å². The summed E-state index contributed by atoms with van der Waals surface area (Å²) >= 11 is 0. The Morgan fingerprint density at radius 3 is 2.50 bits per heavy atom. The number of ether oxygens (including phenoxy) is 1. The molecule has 1 aliphatic carbocycles. The molecule has 0 aliphatic heterocycles. The summed E-state index contributed by atoms with van der Waals surface area (Å²) in [7, 11) is 1.51. The van der Waals surface area contributed by atoms with E-state index in [1.807, 2.05) is 6.07 Å². The molecule has 0 bridgehead atoms. The lowest BCUT2D eigenvalue weighted by molar-refractivity contribution is 0.328. The first kappa shape index (κ1) is 15.3. The van der Waals surface area contributed by atoms with Crippen molar-refractivity contribution in [2.75, 3.05) is 13.7 Å². The Morgan fingerprint density at radius 2 is 1.95 bits per heavy atom. The summed E-state index contributed by atoms with van der Waals surface area (Å²) in [6.45, 7) is 3.03. The number of hydrogen-bond acceptors (Lipinski definition) is 2. The van der Waals surface area contributed by atoms with Gasteiger partial charge in [-0.3, -0.25) is 0 Å². The van der Waals surface area contributed by atoms with Gasteiger partial charge in [-0.15, -0.1) is 0 Å². The van der Waals surface area contributed by atoms with Crippen molar-refractivity contribution in [3.8, 4) is 5.75 Å². The quantitative estimate of drug-likeness (QED) is 0.804. The molecule has 0 saturated heterocycles. The van der Waals surface area contributed by atoms with E-state index in [-0.39, 0.29) is 11.9 Å². The molecule has 0 heterocycles. The van der Waals surface area contributed by atoms with Crippen LogP contribution in [0.15, 0.2) is 18.2 Å². The average molecular weight is 279 g/mol. The highest BCUT2D eigenvalue weighted by Crippen LogP contribution is 2.34. The van der Waals surface area contributed by atoms with Gasteiger partial charge >= 0.3 is 0 Å². The second-order valence-electron chi connectivity index (χ2n) is 5.68.